The topological polar surface area (TPSA) is 27.7 Å². The van der Waals surface area contributed by atoms with E-state index < -0.39 is 8.32 Å². The van der Waals surface area contributed by atoms with Crippen molar-refractivity contribution in [1.82, 2.24) is 0 Å². The zero-order valence-corrected chi connectivity index (χ0v) is 20.7. The summed E-state index contributed by atoms with van der Waals surface area (Å²) < 4.78 is 18.1. The highest BCUT2D eigenvalue weighted by atomic mass is 28.4. The van der Waals surface area contributed by atoms with Gasteiger partial charge < -0.3 is 13.9 Å². The van der Waals surface area contributed by atoms with Gasteiger partial charge in [0, 0.05) is 0 Å². The lowest BCUT2D eigenvalue weighted by atomic mass is 10.2. The number of hydrogen-bond donors (Lipinski definition) is 0. The molecular formula is C27H38O3Si. The van der Waals surface area contributed by atoms with Gasteiger partial charge in [0.15, 0.2) is 8.32 Å². The second kappa shape index (κ2) is 12.8. The maximum atomic E-state index is 6.59. The Bertz CT molecular complexity index is 737. The molecule has 0 saturated heterocycles. The first-order chi connectivity index (χ1) is 14.8. The molecule has 0 bridgehead atoms. The molecule has 0 aromatic heterocycles. The van der Waals surface area contributed by atoms with Crippen molar-refractivity contribution in [2.24, 2.45) is 0 Å². The average Bonchev–Trinajstić information content (AvgIpc) is 2.73. The van der Waals surface area contributed by atoms with Gasteiger partial charge in [0.2, 0.25) is 0 Å². The zero-order chi connectivity index (χ0) is 22.6. The third-order valence-electron chi connectivity index (χ3n) is 5.54. The summed E-state index contributed by atoms with van der Waals surface area (Å²) in [7, 11) is -1.89. The van der Waals surface area contributed by atoms with Crippen molar-refractivity contribution in [3.63, 3.8) is 0 Å². The summed E-state index contributed by atoms with van der Waals surface area (Å²) >= 11 is 0. The molecule has 0 aliphatic rings. The lowest BCUT2D eigenvalue weighted by Crippen LogP contribution is -2.43. The third kappa shape index (κ3) is 9.79. The molecule has 2 aromatic rings. The molecular weight excluding hydrogens is 400 g/mol. The molecule has 0 N–H and O–H groups in total. The molecule has 0 aliphatic carbocycles. The average molecular weight is 439 g/mol. The van der Waals surface area contributed by atoms with E-state index in [-0.39, 0.29) is 11.1 Å². The molecule has 2 aromatic carbocycles. The number of ether oxygens (including phenoxy) is 2. The Labute approximate surface area is 189 Å². The van der Waals surface area contributed by atoms with Gasteiger partial charge in [-0.2, -0.15) is 0 Å². The molecule has 0 amide bonds. The monoisotopic (exact) mass is 438 g/mol. The summed E-state index contributed by atoms with van der Waals surface area (Å²) in [6.45, 7) is 13.7. The number of hydrogen-bond acceptors (Lipinski definition) is 3. The van der Waals surface area contributed by atoms with Gasteiger partial charge in [-0.25, -0.2) is 0 Å². The highest BCUT2D eigenvalue weighted by Crippen LogP contribution is 2.37. The predicted molar refractivity (Wildman–Crippen MR) is 133 cm³/mol. The van der Waals surface area contributed by atoms with Gasteiger partial charge in [-0.05, 0) is 29.3 Å². The van der Waals surface area contributed by atoms with E-state index in [1.54, 1.807) is 0 Å². The molecule has 0 fully saturated rings. The lowest BCUT2D eigenvalue weighted by Gasteiger charge is -2.38. The Hall–Kier alpha value is -1.98. The van der Waals surface area contributed by atoms with Crippen LogP contribution in [0.5, 0.6) is 0 Å². The van der Waals surface area contributed by atoms with Crippen LogP contribution in [0.15, 0.2) is 85.0 Å². The van der Waals surface area contributed by atoms with Crippen LogP contribution < -0.4 is 0 Å². The van der Waals surface area contributed by atoms with E-state index in [9.17, 15) is 0 Å². The second-order valence-electron chi connectivity index (χ2n) is 9.20. The summed E-state index contributed by atoms with van der Waals surface area (Å²) in [4.78, 5) is 0. The molecule has 168 valence electrons. The first-order valence-corrected chi connectivity index (χ1v) is 13.9. The smallest absolute Gasteiger partial charge is 0.193 e. The van der Waals surface area contributed by atoms with Crippen LogP contribution in [-0.4, -0.2) is 27.6 Å². The van der Waals surface area contributed by atoms with Crippen LogP contribution >= 0.6 is 0 Å². The van der Waals surface area contributed by atoms with Crippen molar-refractivity contribution in [2.45, 2.75) is 58.2 Å². The van der Waals surface area contributed by atoms with Crippen molar-refractivity contribution < 1.29 is 13.9 Å². The van der Waals surface area contributed by atoms with Gasteiger partial charge in [-0.3, -0.25) is 0 Å². The Morgan fingerprint density at radius 3 is 1.55 bits per heavy atom. The fourth-order valence-corrected chi connectivity index (χ4v) is 3.87. The molecule has 2 rings (SSSR count). The first kappa shape index (κ1) is 25.3. The fourth-order valence-electron chi connectivity index (χ4n) is 2.68. The minimum atomic E-state index is -1.89. The van der Waals surface area contributed by atoms with Crippen LogP contribution in [0, 0.1) is 0 Å². The Balaban J connectivity index is 1.87. The number of benzene rings is 2. The highest BCUT2D eigenvalue weighted by molar-refractivity contribution is 6.74. The van der Waals surface area contributed by atoms with Gasteiger partial charge in [0.25, 0.3) is 0 Å². The Kier molecular flexibility index (Phi) is 10.4. The van der Waals surface area contributed by atoms with Gasteiger partial charge in [-0.15, -0.1) is 0 Å². The van der Waals surface area contributed by atoms with Crippen molar-refractivity contribution in [1.29, 1.82) is 0 Å². The first-order valence-electron chi connectivity index (χ1n) is 11.0. The van der Waals surface area contributed by atoms with E-state index in [4.69, 9.17) is 13.9 Å². The van der Waals surface area contributed by atoms with Crippen LogP contribution in [0.3, 0.4) is 0 Å². The van der Waals surface area contributed by atoms with Gasteiger partial charge in [0.05, 0.1) is 32.5 Å². The van der Waals surface area contributed by atoms with Gasteiger partial charge >= 0.3 is 0 Å². The van der Waals surface area contributed by atoms with Crippen molar-refractivity contribution in [3.05, 3.63) is 96.1 Å². The molecule has 0 saturated carbocycles. The van der Waals surface area contributed by atoms with Crippen LogP contribution in [-0.2, 0) is 27.1 Å². The maximum absolute atomic E-state index is 6.59. The summed E-state index contributed by atoms with van der Waals surface area (Å²) in [6.07, 6.45) is 8.21. The lowest BCUT2D eigenvalue weighted by molar-refractivity contribution is 0.147. The van der Waals surface area contributed by atoms with Gasteiger partial charge in [0.1, 0.15) is 0 Å². The van der Waals surface area contributed by atoms with Crippen LogP contribution in [0.2, 0.25) is 18.1 Å². The molecule has 31 heavy (non-hydrogen) atoms. The molecule has 0 aliphatic heterocycles. The minimum absolute atomic E-state index is 0.0819. The fraction of sp³-hybridized carbons (Fsp3) is 0.407. The SMILES string of the molecule is CC(C)(C)[Si](C)(C)OC(/C=C/COCc1ccccc1)/C=C/COCc1ccccc1. The van der Waals surface area contributed by atoms with Crippen molar-refractivity contribution >= 4 is 8.32 Å². The standard InChI is InChI=1S/C27H38O3Si/c1-27(2,3)31(4,5)30-26(18-12-20-28-22-24-14-8-6-9-15-24)19-13-21-29-23-25-16-10-7-11-17-25/h6-19,26H,20-23H2,1-5H3/b18-12+,19-13+. The van der Waals surface area contributed by atoms with E-state index >= 15 is 0 Å². The van der Waals surface area contributed by atoms with Crippen LogP contribution in [0.4, 0.5) is 0 Å². The summed E-state index contributed by atoms with van der Waals surface area (Å²) in [5.41, 5.74) is 2.36. The molecule has 0 atom stereocenters. The molecule has 0 heterocycles. The normalized spacial score (nSPS) is 13.0. The van der Waals surface area contributed by atoms with Gasteiger partial charge in [-0.1, -0.05) is 106 Å². The Morgan fingerprint density at radius 2 is 1.16 bits per heavy atom. The summed E-state index contributed by atoms with van der Waals surface area (Å²) in [6, 6.07) is 20.5. The third-order valence-corrected chi connectivity index (χ3v) is 10.0. The molecule has 4 heteroatoms. The molecule has 0 spiro atoms. The van der Waals surface area contributed by atoms with Crippen LogP contribution in [0.25, 0.3) is 0 Å². The minimum Gasteiger partial charge on any atom is -0.407 e. The van der Waals surface area contributed by atoms with E-state index in [0.717, 1.165) is 0 Å². The highest BCUT2D eigenvalue weighted by Gasteiger charge is 2.38. The molecule has 0 radical (unpaired) electrons. The number of rotatable bonds is 12. The largest absolute Gasteiger partial charge is 0.407 e. The zero-order valence-electron chi connectivity index (χ0n) is 19.7. The molecule has 3 nitrogen and oxygen atoms in total. The predicted octanol–water partition coefficient (Wildman–Crippen LogP) is 6.92. The van der Waals surface area contributed by atoms with Crippen molar-refractivity contribution in [2.75, 3.05) is 13.2 Å². The van der Waals surface area contributed by atoms with E-state index in [1.165, 1.54) is 11.1 Å². The Morgan fingerprint density at radius 1 is 0.742 bits per heavy atom. The van der Waals surface area contributed by atoms with E-state index in [1.807, 2.05) is 36.4 Å². The van der Waals surface area contributed by atoms with E-state index in [0.29, 0.717) is 26.4 Å². The summed E-state index contributed by atoms with van der Waals surface area (Å²) in [5.74, 6) is 0. The second-order valence-corrected chi connectivity index (χ2v) is 14.0. The summed E-state index contributed by atoms with van der Waals surface area (Å²) in [5, 5.41) is 0.153. The molecule has 0 unspecified atom stereocenters. The van der Waals surface area contributed by atoms with Crippen LogP contribution in [0.1, 0.15) is 31.9 Å². The maximum Gasteiger partial charge on any atom is 0.193 e. The van der Waals surface area contributed by atoms with E-state index in [2.05, 4.69) is 82.4 Å². The quantitative estimate of drug-likeness (QED) is 0.204. The van der Waals surface area contributed by atoms with Crippen molar-refractivity contribution in [3.8, 4) is 0 Å².